The fourth-order valence-corrected chi connectivity index (χ4v) is 5.13. The van der Waals surface area contributed by atoms with E-state index in [1.165, 1.54) is 0 Å². The number of anilines is 1. The molecule has 1 unspecified atom stereocenters. The third kappa shape index (κ3) is 2.60. The van der Waals surface area contributed by atoms with Crippen molar-refractivity contribution in [2.75, 3.05) is 11.5 Å². The number of nitrogens with two attached hydrogens (primary N) is 1. The van der Waals surface area contributed by atoms with Crippen LogP contribution in [0, 0.1) is 0 Å². The van der Waals surface area contributed by atoms with Crippen LogP contribution in [0.15, 0.2) is 33.3 Å². The van der Waals surface area contributed by atoms with Gasteiger partial charge < -0.3 is 10.3 Å². The van der Waals surface area contributed by atoms with Gasteiger partial charge in [-0.3, -0.25) is 0 Å². The number of sulfone groups is 1. The van der Waals surface area contributed by atoms with E-state index in [-0.39, 0.29) is 11.6 Å². The molecule has 2 aromatic rings. The van der Waals surface area contributed by atoms with Gasteiger partial charge in [0.25, 0.3) is 0 Å². The molecular formula is C14H15BrN2O3S. The molecule has 1 fully saturated rings. The molecule has 0 radical (unpaired) electrons. The van der Waals surface area contributed by atoms with Crippen molar-refractivity contribution >= 4 is 31.7 Å². The molecule has 1 aliphatic heterocycles. The van der Waals surface area contributed by atoms with E-state index in [0.717, 1.165) is 16.5 Å². The van der Waals surface area contributed by atoms with Gasteiger partial charge in [0.05, 0.1) is 11.3 Å². The molecule has 2 heterocycles. The van der Waals surface area contributed by atoms with Crippen molar-refractivity contribution in [1.82, 2.24) is 5.16 Å². The Labute approximate surface area is 131 Å². The van der Waals surface area contributed by atoms with Crippen molar-refractivity contribution in [3.05, 3.63) is 34.4 Å². The van der Waals surface area contributed by atoms with Crippen molar-refractivity contribution in [3.63, 3.8) is 0 Å². The number of nitrogens with zero attached hydrogens (tertiary/aromatic N) is 1. The van der Waals surface area contributed by atoms with E-state index < -0.39 is 15.1 Å². The van der Waals surface area contributed by atoms with E-state index in [0.29, 0.717) is 24.1 Å². The van der Waals surface area contributed by atoms with Crippen molar-refractivity contribution in [2.45, 2.75) is 24.5 Å². The highest BCUT2D eigenvalue weighted by Gasteiger charge is 2.36. The quantitative estimate of drug-likeness (QED) is 0.875. The van der Waals surface area contributed by atoms with E-state index in [2.05, 4.69) is 21.1 Å². The number of rotatable bonds is 2. The van der Waals surface area contributed by atoms with E-state index in [1.807, 2.05) is 24.3 Å². The number of nitrogen functional groups attached to an aromatic ring is 1. The molecular weight excluding hydrogens is 356 g/mol. The van der Waals surface area contributed by atoms with Crippen LogP contribution in [0.5, 0.6) is 0 Å². The van der Waals surface area contributed by atoms with Crippen LogP contribution in [0.3, 0.4) is 0 Å². The van der Waals surface area contributed by atoms with Crippen molar-refractivity contribution in [3.8, 4) is 11.1 Å². The summed E-state index contributed by atoms with van der Waals surface area (Å²) in [6.07, 6.45) is 2.13. The Hall–Kier alpha value is -1.34. The van der Waals surface area contributed by atoms with Gasteiger partial charge in [0.1, 0.15) is 10.9 Å². The van der Waals surface area contributed by atoms with Crippen LogP contribution in [0.1, 0.15) is 30.2 Å². The number of hydrogen-bond acceptors (Lipinski definition) is 5. The second-order valence-electron chi connectivity index (χ2n) is 5.14. The van der Waals surface area contributed by atoms with Crippen LogP contribution >= 0.6 is 15.9 Å². The molecule has 21 heavy (non-hydrogen) atoms. The minimum atomic E-state index is -3.20. The molecule has 1 aromatic carbocycles. The van der Waals surface area contributed by atoms with Crippen LogP contribution in [0.2, 0.25) is 0 Å². The van der Waals surface area contributed by atoms with E-state index in [4.69, 9.17) is 10.3 Å². The van der Waals surface area contributed by atoms with E-state index in [1.54, 1.807) is 0 Å². The third-order valence-corrected chi connectivity index (χ3v) is 6.65. The van der Waals surface area contributed by atoms with Crippen LogP contribution in [0.4, 0.5) is 5.88 Å². The first-order chi connectivity index (χ1) is 10.0. The second kappa shape index (κ2) is 5.46. The van der Waals surface area contributed by atoms with Crippen molar-refractivity contribution in [1.29, 1.82) is 0 Å². The smallest absolute Gasteiger partial charge is 0.230 e. The van der Waals surface area contributed by atoms with E-state index >= 15 is 0 Å². The maximum atomic E-state index is 12.3. The van der Waals surface area contributed by atoms with Gasteiger partial charge in [-0.2, -0.15) is 0 Å². The van der Waals surface area contributed by atoms with Gasteiger partial charge in [-0.1, -0.05) is 45.7 Å². The zero-order valence-corrected chi connectivity index (χ0v) is 13.7. The van der Waals surface area contributed by atoms with Gasteiger partial charge in [0.2, 0.25) is 5.88 Å². The molecule has 1 aliphatic rings. The van der Waals surface area contributed by atoms with Gasteiger partial charge in [-0.25, -0.2) is 8.42 Å². The third-order valence-electron chi connectivity index (χ3n) is 3.77. The average molecular weight is 371 g/mol. The zero-order chi connectivity index (χ0) is 15.0. The Morgan fingerprint density at radius 3 is 2.76 bits per heavy atom. The molecule has 2 N–H and O–H groups in total. The van der Waals surface area contributed by atoms with Crippen LogP contribution in [-0.4, -0.2) is 19.3 Å². The lowest BCUT2D eigenvalue weighted by Crippen LogP contribution is -2.22. The zero-order valence-electron chi connectivity index (χ0n) is 11.3. The summed E-state index contributed by atoms with van der Waals surface area (Å²) < 4.78 is 30.6. The summed E-state index contributed by atoms with van der Waals surface area (Å²) in [5.74, 6) is 0.345. The van der Waals surface area contributed by atoms with Gasteiger partial charge in [0, 0.05) is 10.0 Å². The van der Waals surface area contributed by atoms with E-state index in [9.17, 15) is 8.42 Å². The molecule has 7 heteroatoms. The molecule has 112 valence electrons. The molecule has 1 aromatic heterocycles. The second-order valence-corrected chi connectivity index (χ2v) is 8.30. The summed E-state index contributed by atoms with van der Waals surface area (Å²) in [6.45, 7) is 0. The number of halogens is 1. The van der Waals surface area contributed by atoms with Gasteiger partial charge >= 0.3 is 0 Å². The van der Waals surface area contributed by atoms with Crippen LogP contribution in [-0.2, 0) is 9.84 Å². The minimum absolute atomic E-state index is 0.151. The number of benzene rings is 1. The highest BCUT2D eigenvalue weighted by atomic mass is 79.9. The summed E-state index contributed by atoms with van der Waals surface area (Å²) in [6, 6.07) is 7.49. The summed E-state index contributed by atoms with van der Waals surface area (Å²) >= 11 is 3.46. The summed E-state index contributed by atoms with van der Waals surface area (Å²) in [5, 5.41) is 3.32. The topological polar surface area (TPSA) is 86.2 Å². The SMILES string of the molecule is Nc1onc(C2CCCCS2(=O)=O)c1-c1ccccc1Br. The fraction of sp³-hybridized carbons (Fsp3) is 0.357. The monoisotopic (exact) mass is 370 g/mol. The molecule has 0 saturated carbocycles. The lowest BCUT2D eigenvalue weighted by molar-refractivity contribution is 0.421. The standard InChI is InChI=1S/C14H15BrN2O3S/c15-10-6-2-1-5-9(10)12-13(17-20-14(12)16)11-7-3-4-8-21(11,18)19/h1-2,5-6,11H,3-4,7-8,16H2. The largest absolute Gasteiger partial charge is 0.367 e. The molecule has 5 nitrogen and oxygen atoms in total. The first-order valence-corrected chi connectivity index (χ1v) is 9.23. The minimum Gasteiger partial charge on any atom is -0.367 e. The Bertz CT molecular complexity index is 770. The predicted molar refractivity (Wildman–Crippen MR) is 84.4 cm³/mol. The highest BCUT2D eigenvalue weighted by Crippen LogP contribution is 2.42. The maximum absolute atomic E-state index is 12.3. The Kier molecular flexibility index (Phi) is 3.79. The Morgan fingerprint density at radius 1 is 1.29 bits per heavy atom. The normalized spacial score (nSPS) is 21.3. The molecule has 0 aliphatic carbocycles. The highest BCUT2D eigenvalue weighted by molar-refractivity contribution is 9.10. The first-order valence-electron chi connectivity index (χ1n) is 6.72. The first kappa shape index (κ1) is 14.6. The lowest BCUT2D eigenvalue weighted by Gasteiger charge is -2.21. The maximum Gasteiger partial charge on any atom is 0.230 e. The fourth-order valence-electron chi connectivity index (χ4n) is 2.73. The predicted octanol–water partition coefficient (Wildman–Crippen LogP) is 3.33. The number of hydrogen-bond donors (Lipinski definition) is 1. The molecule has 0 amide bonds. The Morgan fingerprint density at radius 2 is 2.05 bits per heavy atom. The Balaban J connectivity index is 2.16. The van der Waals surface area contributed by atoms with Crippen LogP contribution in [0.25, 0.3) is 11.1 Å². The van der Waals surface area contributed by atoms with Crippen molar-refractivity contribution < 1.29 is 12.9 Å². The van der Waals surface area contributed by atoms with Gasteiger partial charge in [0.15, 0.2) is 9.84 Å². The summed E-state index contributed by atoms with van der Waals surface area (Å²) in [7, 11) is -3.20. The molecule has 0 bridgehead atoms. The van der Waals surface area contributed by atoms with Gasteiger partial charge in [-0.05, 0) is 18.9 Å². The van der Waals surface area contributed by atoms with Crippen molar-refractivity contribution in [2.24, 2.45) is 0 Å². The lowest BCUT2D eigenvalue weighted by atomic mass is 10.0. The molecule has 3 rings (SSSR count). The number of aromatic nitrogens is 1. The molecule has 1 saturated heterocycles. The molecule has 0 spiro atoms. The van der Waals surface area contributed by atoms with Gasteiger partial charge in [-0.15, -0.1) is 0 Å². The summed E-state index contributed by atoms with van der Waals surface area (Å²) in [5.41, 5.74) is 7.70. The van der Waals surface area contributed by atoms with Crippen LogP contribution < -0.4 is 5.73 Å². The molecule has 1 atom stereocenters. The average Bonchev–Trinajstić information content (AvgIpc) is 2.80. The summed E-state index contributed by atoms with van der Waals surface area (Å²) in [4.78, 5) is 0.